The zero-order valence-corrected chi connectivity index (χ0v) is 15.3. The summed E-state index contributed by atoms with van der Waals surface area (Å²) >= 11 is 0. The first-order valence-electron chi connectivity index (χ1n) is 8.89. The van der Waals surface area contributed by atoms with Crippen LogP contribution in [-0.2, 0) is 6.18 Å². The highest BCUT2D eigenvalue weighted by Crippen LogP contribution is 2.39. The second kappa shape index (κ2) is 8.34. The zero-order valence-electron chi connectivity index (χ0n) is 15.3. The fourth-order valence-corrected chi connectivity index (χ4v) is 3.28. The van der Waals surface area contributed by atoms with Crippen LogP contribution in [0.25, 0.3) is 0 Å². The summed E-state index contributed by atoms with van der Waals surface area (Å²) in [7, 11) is 0. The summed E-state index contributed by atoms with van der Waals surface area (Å²) in [5.74, 6) is -0.396. The van der Waals surface area contributed by atoms with Crippen molar-refractivity contribution >= 4 is 5.91 Å². The standard InChI is InChI=1S/C19H20F3N3O4/c20-19(21,22)13-3-4-16(24-9-13)29-11-18(6-14(26)15(27)7-18)10-25-17(28)12-2-1-5-23-8-12/h1-5,8-9,14-15,26-27H,6-7,10-11H2,(H,25,28)/t14-,15+,18?. The van der Waals surface area contributed by atoms with Crippen LogP contribution in [0.2, 0.25) is 0 Å². The third-order valence-electron chi connectivity index (χ3n) is 4.87. The first-order chi connectivity index (χ1) is 13.7. The van der Waals surface area contributed by atoms with E-state index >= 15 is 0 Å². The van der Waals surface area contributed by atoms with Crippen LogP contribution in [0.3, 0.4) is 0 Å². The Bertz CT molecular complexity index is 821. The Morgan fingerprint density at radius 3 is 2.48 bits per heavy atom. The first-order valence-corrected chi connectivity index (χ1v) is 8.89. The van der Waals surface area contributed by atoms with Gasteiger partial charge in [0.2, 0.25) is 5.88 Å². The maximum Gasteiger partial charge on any atom is 0.417 e. The molecular weight excluding hydrogens is 391 g/mol. The van der Waals surface area contributed by atoms with E-state index in [1.165, 1.54) is 12.4 Å². The van der Waals surface area contributed by atoms with Gasteiger partial charge in [-0.2, -0.15) is 13.2 Å². The van der Waals surface area contributed by atoms with Crippen LogP contribution in [-0.4, -0.2) is 51.4 Å². The summed E-state index contributed by atoms with van der Waals surface area (Å²) in [6.45, 7) is 0.0439. The molecule has 1 aliphatic carbocycles. The van der Waals surface area contributed by atoms with Crippen LogP contribution in [0, 0.1) is 5.41 Å². The second-order valence-electron chi connectivity index (χ2n) is 7.14. The number of nitrogens with zero attached hydrogens (tertiary/aromatic N) is 2. The number of hydrogen-bond acceptors (Lipinski definition) is 6. The minimum absolute atomic E-state index is 0.0214. The second-order valence-corrected chi connectivity index (χ2v) is 7.14. The Kier molecular flexibility index (Phi) is 6.04. The number of halogens is 3. The largest absolute Gasteiger partial charge is 0.477 e. The number of aliphatic hydroxyl groups excluding tert-OH is 2. The number of hydrogen-bond donors (Lipinski definition) is 3. The molecule has 1 fully saturated rings. The van der Waals surface area contributed by atoms with Gasteiger partial charge in [-0.3, -0.25) is 9.78 Å². The van der Waals surface area contributed by atoms with Gasteiger partial charge in [0.05, 0.1) is 29.9 Å². The summed E-state index contributed by atoms with van der Waals surface area (Å²) < 4.78 is 43.4. The molecule has 0 spiro atoms. The molecule has 1 saturated carbocycles. The molecular formula is C19H20F3N3O4. The summed E-state index contributed by atoms with van der Waals surface area (Å²) in [4.78, 5) is 19.8. The molecule has 3 N–H and O–H groups in total. The minimum Gasteiger partial charge on any atom is -0.477 e. The van der Waals surface area contributed by atoms with Gasteiger partial charge in [0.25, 0.3) is 5.91 Å². The van der Waals surface area contributed by atoms with E-state index < -0.39 is 29.4 Å². The van der Waals surface area contributed by atoms with Crippen molar-refractivity contribution in [2.75, 3.05) is 13.2 Å². The summed E-state index contributed by atoms with van der Waals surface area (Å²) in [6.07, 6.45) is -2.56. The molecule has 156 valence electrons. The lowest BCUT2D eigenvalue weighted by Gasteiger charge is -2.29. The van der Waals surface area contributed by atoms with Crippen LogP contribution in [0.4, 0.5) is 13.2 Å². The van der Waals surface area contributed by atoms with Gasteiger partial charge in [-0.1, -0.05) is 0 Å². The van der Waals surface area contributed by atoms with Gasteiger partial charge in [-0.25, -0.2) is 4.98 Å². The number of nitrogens with one attached hydrogen (secondary N) is 1. The van der Waals surface area contributed by atoms with Crippen molar-refractivity contribution in [3.63, 3.8) is 0 Å². The van der Waals surface area contributed by atoms with E-state index in [9.17, 15) is 28.2 Å². The van der Waals surface area contributed by atoms with Gasteiger partial charge in [-0.05, 0) is 31.0 Å². The smallest absolute Gasteiger partial charge is 0.417 e. The molecule has 2 heterocycles. The number of pyridine rings is 2. The molecule has 7 nitrogen and oxygen atoms in total. The molecule has 2 aromatic heterocycles. The van der Waals surface area contributed by atoms with E-state index in [-0.39, 0.29) is 37.8 Å². The van der Waals surface area contributed by atoms with Crippen molar-refractivity contribution in [1.82, 2.24) is 15.3 Å². The Balaban J connectivity index is 1.66. The van der Waals surface area contributed by atoms with E-state index in [4.69, 9.17) is 4.74 Å². The van der Waals surface area contributed by atoms with Crippen molar-refractivity contribution < 1.29 is 32.9 Å². The van der Waals surface area contributed by atoms with Crippen molar-refractivity contribution in [2.45, 2.75) is 31.2 Å². The predicted molar refractivity (Wildman–Crippen MR) is 95.0 cm³/mol. The number of alkyl halides is 3. The number of carbonyl (C=O) groups excluding carboxylic acids is 1. The highest BCUT2D eigenvalue weighted by Gasteiger charge is 2.45. The fourth-order valence-electron chi connectivity index (χ4n) is 3.28. The molecule has 29 heavy (non-hydrogen) atoms. The van der Waals surface area contributed by atoms with Crippen molar-refractivity contribution in [3.05, 3.63) is 54.0 Å². The normalized spacial score (nSPS) is 24.3. The average molecular weight is 411 g/mol. The molecule has 0 aromatic carbocycles. The fraction of sp³-hybridized carbons (Fsp3) is 0.421. The minimum atomic E-state index is -4.50. The number of rotatable bonds is 6. The van der Waals surface area contributed by atoms with Crippen molar-refractivity contribution in [1.29, 1.82) is 0 Å². The number of carbonyl (C=O) groups is 1. The molecule has 0 radical (unpaired) electrons. The molecule has 1 aliphatic rings. The molecule has 1 amide bonds. The number of amides is 1. The van der Waals surface area contributed by atoms with Crippen molar-refractivity contribution in [2.24, 2.45) is 5.41 Å². The number of aliphatic hydroxyl groups is 2. The summed E-state index contributed by atoms with van der Waals surface area (Å²) in [5, 5.41) is 22.7. The molecule has 3 atom stereocenters. The zero-order chi connectivity index (χ0) is 21.1. The van der Waals surface area contributed by atoms with Gasteiger partial charge < -0.3 is 20.3 Å². The van der Waals surface area contributed by atoms with Gasteiger partial charge >= 0.3 is 6.18 Å². The quantitative estimate of drug-likeness (QED) is 0.670. The lowest BCUT2D eigenvalue weighted by molar-refractivity contribution is -0.137. The van der Waals surface area contributed by atoms with Crippen LogP contribution in [0.1, 0.15) is 28.8 Å². The molecule has 0 bridgehead atoms. The third-order valence-corrected chi connectivity index (χ3v) is 4.87. The number of ether oxygens (including phenoxy) is 1. The van der Waals surface area contributed by atoms with Crippen LogP contribution >= 0.6 is 0 Å². The lowest BCUT2D eigenvalue weighted by atomic mass is 9.86. The van der Waals surface area contributed by atoms with Crippen LogP contribution < -0.4 is 10.1 Å². The van der Waals surface area contributed by atoms with E-state index in [2.05, 4.69) is 15.3 Å². The van der Waals surface area contributed by atoms with Crippen LogP contribution in [0.5, 0.6) is 5.88 Å². The molecule has 0 aliphatic heterocycles. The summed E-state index contributed by atoms with van der Waals surface area (Å²) in [5.41, 5.74) is -1.34. The monoisotopic (exact) mass is 411 g/mol. The van der Waals surface area contributed by atoms with Gasteiger partial charge in [0.15, 0.2) is 0 Å². The molecule has 1 unspecified atom stereocenters. The van der Waals surface area contributed by atoms with Gasteiger partial charge in [-0.15, -0.1) is 0 Å². The Hall–Kier alpha value is -2.72. The predicted octanol–water partition coefficient (Wildman–Crippen LogP) is 1.81. The Morgan fingerprint density at radius 2 is 1.93 bits per heavy atom. The molecule has 2 aromatic rings. The summed E-state index contributed by atoms with van der Waals surface area (Å²) in [6, 6.07) is 5.17. The highest BCUT2D eigenvalue weighted by atomic mass is 19.4. The topological polar surface area (TPSA) is 105 Å². The SMILES string of the molecule is O=C(NCC1(COc2ccc(C(F)(F)F)cn2)C[C@@H](O)[C@@H](O)C1)c1cccnc1. The van der Waals surface area contributed by atoms with E-state index in [0.29, 0.717) is 11.8 Å². The van der Waals surface area contributed by atoms with E-state index in [1.54, 1.807) is 12.1 Å². The van der Waals surface area contributed by atoms with Crippen molar-refractivity contribution in [3.8, 4) is 5.88 Å². The maximum atomic E-state index is 12.6. The third kappa shape index (κ3) is 5.21. The molecule has 10 heteroatoms. The van der Waals surface area contributed by atoms with Crippen LogP contribution in [0.15, 0.2) is 42.9 Å². The number of aromatic nitrogens is 2. The van der Waals surface area contributed by atoms with E-state index in [1.807, 2.05) is 0 Å². The lowest BCUT2D eigenvalue weighted by Crippen LogP contribution is -2.40. The first kappa shape index (κ1) is 21.0. The highest BCUT2D eigenvalue weighted by molar-refractivity contribution is 5.93. The Labute approximate surface area is 164 Å². The van der Waals surface area contributed by atoms with E-state index in [0.717, 1.165) is 12.1 Å². The maximum absolute atomic E-state index is 12.6. The molecule has 3 rings (SSSR count). The Morgan fingerprint density at radius 1 is 1.21 bits per heavy atom. The average Bonchev–Trinajstić information content (AvgIpc) is 2.99. The van der Waals surface area contributed by atoms with Gasteiger partial charge in [0, 0.05) is 36.6 Å². The molecule has 0 saturated heterocycles. The van der Waals surface area contributed by atoms with Gasteiger partial charge in [0.1, 0.15) is 0 Å².